The number of ether oxygens (including phenoxy) is 1. The van der Waals surface area contributed by atoms with Crippen molar-refractivity contribution in [1.29, 1.82) is 0 Å². The lowest BCUT2D eigenvalue weighted by atomic mass is 9.93. The van der Waals surface area contributed by atoms with Crippen LogP contribution in [0, 0.1) is 5.92 Å². The number of hydrogen-bond acceptors (Lipinski definition) is 4. The van der Waals surface area contributed by atoms with Gasteiger partial charge in [0.1, 0.15) is 6.61 Å². The summed E-state index contributed by atoms with van der Waals surface area (Å²) in [7, 11) is 1.46. The van der Waals surface area contributed by atoms with Crippen LogP contribution in [-0.2, 0) is 14.3 Å². The molecule has 2 amide bonds. The molecule has 1 fully saturated rings. The zero-order valence-corrected chi connectivity index (χ0v) is 13.9. The van der Waals surface area contributed by atoms with Gasteiger partial charge >= 0.3 is 0 Å². The molecule has 0 spiro atoms. The minimum absolute atomic E-state index is 0.0116. The van der Waals surface area contributed by atoms with Gasteiger partial charge in [-0.1, -0.05) is 30.3 Å². The third kappa shape index (κ3) is 5.47. The minimum Gasteiger partial charge on any atom is -0.391 e. The summed E-state index contributed by atoms with van der Waals surface area (Å²) in [4.78, 5) is 25.2. The number of methoxy groups -OCH3 is 1. The molecular formula is C18H24N2O4. The standard InChI is InChI=1S/C18H24N2O4/c1-24-13-17(22)19-11-15-9-10-20(12-16(15)21)18(23)8-7-14-5-3-2-4-6-14/h2-8,15-16,21H,9-13H2,1H3,(H,19,22)/t15-,16+/m0/s1. The summed E-state index contributed by atoms with van der Waals surface area (Å²) < 4.78 is 4.75. The largest absolute Gasteiger partial charge is 0.391 e. The van der Waals surface area contributed by atoms with Crippen LogP contribution in [0.5, 0.6) is 0 Å². The Kier molecular flexibility index (Phi) is 6.96. The summed E-state index contributed by atoms with van der Waals surface area (Å²) in [6.45, 7) is 1.26. The van der Waals surface area contributed by atoms with Crippen molar-refractivity contribution in [2.24, 2.45) is 5.92 Å². The van der Waals surface area contributed by atoms with Gasteiger partial charge in [0, 0.05) is 38.7 Å². The lowest BCUT2D eigenvalue weighted by Gasteiger charge is -2.35. The SMILES string of the molecule is COCC(=O)NC[C@@H]1CCN(C(=O)C=Cc2ccccc2)C[C@H]1O. The molecule has 1 saturated heterocycles. The number of aliphatic hydroxyl groups is 1. The predicted molar refractivity (Wildman–Crippen MR) is 91.1 cm³/mol. The van der Waals surface area contributed by atoms with Crippen LogP contribution in [0.25, 0.3) is 6.08 Å². The van der Waals surface area contributed by atoms with E-state index in [1.807, 2.05) is 30.3 Å². The Bertz CT molecular complexity index is 574. The smallest absolute Gasteiger partial charge is 0.246 e. The van der Waals surface area contributed by atoms with Gasteiger partial charge in [0.25, 0.3) is 0 Å². The number of piperidine rings is 1. The van der Waals surface area contributed by atoms with Crippen molar-refractivity contribution in [3.05, 3.63) is 42.0 Å². The second-order valence-corrected chi connectivity index (χ2v) is 5.88. The van der Waals surface area contributed by atoms with Crippen molar-refractivity contribution in [2.45, 2.75) is 12.5 Å². The van der Waals surface area contributed by atoms with Gasteiger partial charge in [0.05, 0.1) is 6.10 Å². The molecule has 2 rings (SSSR count). The van der Waals surface area contributed by atoms with Gasteiger partial charge < -0.3 is 20.1 Å². The van der Waals surface area contributed by atoms with E-state index in [4.69, 9.17) is 4.74 Å². The Morgan fingerprint density at radius 3 is 2.79 bits per heavy atom. The summed E-state index contributed by atoms with van der Waals surface area (Å²) in [5.41, 5.74) is 0.960. The number of β-amino-alcohol motifs (C(OH)–C–C–N with tert-alkyl or cyclic N) is 1. The molecule has 2 atom stereocenters. The van der Waals surface area contributed by atoms with E-state index in [1.54, 1.807) is 11.0 Å². The summed E-state index contributed by atoms with van der Waals surface area (Å²) in [6.07, 6.45) is 3.31. The van der Waals surface area contributed by atoms with Crippen molar-refractivity contribution in [2.75, 3.05) is 33.4 Å². The molecule has 1 aromatic carbocycles. The molecule has 6 heteroatoms. The lowest BCUT2D eigenvalue weighted by molar-refractivity contribution is -0.131. The first-order valence-electron chi connectivity index (χ1n) is 8.06. The van der Waals surface area contributed by atoms with Crippen molar-refractivity contribution in [3.63, 3.8) is 0 Å². The molecule has 1 heterocycles. The molecule has 0 unspecified atom stereocenters. The fraction of sp³-hybridized carbons (Fsp3) is 0.444. The number of amides is 2. The van der Waals surface area contributed by atoms with Gasteiger partial charge in [0.15, 0.2) is 0 Å². The highest BCUT2D eigenvalue weighted by molar-refractivity contribution is 5.91. The van der Waals surface area contributed by atoms with Crippen LogP contribution < -0.4 is 5.32 Å². The fourth-order valence-corrected chi connectivity index (χ4v) is 2.68. The first kappa shape index (κ1) is 18.2. The molecule has 130 valence electrons. The average molecular weight is 332 g/mol. The van der Waals surface area contributed by atoms with Crippen LogP contribution in [0.3, 0.4) is 0 Å². The summed E-state index contributed by atoms with van der Waals surface area (Å²) in [5, 5.41) is 12.9. The molecule has 0 aliphatic carbocycles. The van der Waals surface area contributed by atoms with Gasteiger partial charge in [-0.15, -0.1) is 0 Å². The Hall–Kier alpha value is -2.18. The number of carbonyl (C=O) groups excluding carboxylic acids is 2. The molecular weight excluding hydrogens is 308 g/mol. The van der Waals surface area contributed by atoms with Crippen LogP contribution in [0.15, 0.2) is 36.4 Å². The molecule has 0 bridgehead atoms. The number of nitrogens with zero attached hydrogens (tertiary/aromatic N) is 1. The number of likely N-dealkylation sites (tertiary alicyclic amines) is 1. The first-order chi connectivity index (χ1) is 11.6. The molecule has 6 nitrogen and oxygen atoms in total. The normalized spacial score (nSPS) is 21.0. The highest BCUT2D eigenvalue weighted by Gasteiger charge is 2.29. The molecule has 1 aromatic rings. The summed E-state index contributed by atoms with van der Waals surface area (Å²) in [5.74, 6) is -0.360. The monoisotopic (exact) mass is 332 g/mol. The van der Waals surface area contributed by atoms with Crippen molar-refractivity contribution < 1.29 is 19.4 Å². The zero-order valence-electron chi connectivity index (χ0n) is 13.9. The number of hydrogen-bond donors (Lipinski definition) is 2. The van der Waals surface area contributed by atoms with Gasteiger partial charge in [0.2, 0.25) is 11.8 Å². The van der Waals surface area contributed by atoms with E-state index >= 15 is 0 Å². The highest BCUT2D eigenvalue weighted by Crippen LogP contribution is 2.18. The lowest BCUT2D eigenvalue weighted by Crippen LogP contribution is -2.49. The van der Waals surface area contributed by atoms with Crippen molar-refractivity contribution in [3.8, 4) is 0 Å². The maximum absolute atomic E-state index is 12.2. The number of rotatable bonds is 6. The van der Waals surface area contributed by atoms with E-state index in [0.29, 0.717) is 19.5 Å². The average Bonchev–Trinajstić information content (AvgIpc) is 2.59. The number of aliphatic hydroxyl groups excluding tert-OH is 1. The third-order valence-corrected chi connectivity index (χ3v) is 4.09. The third-order valence-electron chi connectivity index (χ3n) is 4.09. The second kappa shape index (κ2) is 9.20. The van der Waals surface area contributed by atoms with E-state index in [1.165, 1.54) is 13.2 Å². The van der Waals surface area contributed by atoms with Gasteiger partial charge in [-0.3, -0.25) is 9.59 Å². The molecule has 0 aromatic heterocycles. The van der Waals surface area contributed by atoms with Crippen LogP contribution in [0.2, 0.25) is 0 Å². The minimum atomic E-state index is -0.643. The van der Waals surface area contributed by atoms with Gasteiger partial charge in [-0.05, 0) is 18.1 Å². The van der Waals surface area contributed by atoms with Crippen LogP contribution in [0.1, 0.15) is 12.0 Å². The van der Waals surface area contributed by atoms with E-state index in [-0.39, 0.29) is 30.9 Å². The number of carbonyl (C=O) groups is 2. The Balaban J connectivity index is 1.80. The molecule has 1 aliphatic heterocycles. The Morgan fingerprint density at radius 1 is 1.38 bits per heavy atom. The van der Waals surface area contributed by atoms with Gasteiger partial charge in [-0.25, -0.2) is 0 Å². The van der Waals surface area contributed by atoms with E-state index in [0.717, 1.165) is 5.56 Å². The number of benzene rings is 1. The summed E-state index contributed by atoms with van der Waals surface area (Å²) in [6, 6.07) is 9.60. The highest BCUT2D eigenvalue weighted by atomic mass is 16.5. The second-order valence-electron chi connectivity index (χ2n) is 5.88. The fourth-order valence-electron chi connectivity index (χ4n) is 2.68. The maximum atomic E-state index is 12.2. The topological polar surface area (TPSA) is 78.9 Å². The molecule has 1 aliphatic rings. The van der Waals surface area contributed by atoms with E-state index in [9.17, 15) is 14.7 Å². The van der Waals surface area contributed by atoms with Crippen LogP contribution in [0.4, 0.5) is 0 Å². The zero-order chi connectivity index (χ0) is 17.4. The predicted octanol–water partition coefficient (Wildman–Crippen LogP) is 0.672. The maximum Gasteiger partial charge on any atom is 0.246 e. The molecule has 0 radical (unpaired) electrons. The summed E-state index contributed by atoms with van der Waals surface area (Å²) >= 11 is 0. The van der Waals surface area contributed by atoms with E-state index < -0.39 is 6.10 Å². The van der Waals surface area contributed by atoms with Crippen molar-refractivity contribution >= 4 is 17.9 Å². The first-order valence-corrected chi connectivity index (χ1v) is 8.06. The van der Waals surface area contributed by atoms with Crippen LogP contribution in [-0.4, -0.2) is 61.3 Å². The number of nitrogens with one attached hydrogen (secondary N) is 1. The Labute approximate surface area is 142 Å². The van der Waals surface area contributed by atoms with E-state index in [2.05, 4.69) is 5.32 Å². The quantitative estimate of drug-likeness (QED) is 0.751. The Morgan fingerprint density at radius 2 is 2.12 bits per heavy atom. The molecule has 24 heavy (non-hydrogen) atoms. The van der Waals surface area contributed by atoms with Crippen LogP contribution >= 0.6 is 0 Å². The van der Waals surface area contributed by atoms with Gasteiger partial charge in [-0.2, -0.15) is 0 Å². The van der Waals surface area contributed by atoms with Crippen molar-refractivity contribution in [1.82, 2.24) is 10.2 Å². The molecule has 2 N–H and O–H groups in total. The molecule has 0 saturated carbocycles.